The molecule has 1 amide bonds. The fourth-order valence-electron chi connectivity index (χ4n) is 5.45. The second-order valence-electron chi connectivity index (χ2n) is 10.1. The highest BCUT2D eigenvalue weighted by Gasteiger charge is 2.42. The SMILES string of the molecule is O=C(Nc1ccc(N2CCC(c3ccccc3)CC2)nc1)c1oc(N2CCc3ccccc3C2)nc1C(F)(F)F. The number of fused-ring (bicyclic) bond motifs is 1. The van der Waals surface area contributed by atoms with Gasteiger partial charge >= 0.3 is 6.18 Å². The molecule has 0 spiro atoms. The normalized spacial score (nSPS) is 16.1. The summed E-state index contributed by atoms with van der Waals surface area (Å²) in [5, 5.41) is 2.49. The van der Waals surface area contributed by atoms with Crippen LogP contribution in [0.15, 0.2) is 77.3 Å². The van der Waals surface area contributed by atoms with E-state index in [2.05, 4.69) is 44.5 Å². The van der Waals surface area contributed by atoms with Crippen molar-refractivity contribution in [1.82, 2.24) is 9.97 Å². The van der Waals surface area contributed by atoms with Gasteiger partial charge in [0.2, 0.25) is 5.76 Å². The molecule has 0 saturated carbocycles. The number of piperidine rings is 1. The van der Waals surface area contributed by atoms with Crippen LogP contribution in [-0.4, -0.2) is 35.5 Å². The van der Waals surface area contributed by atoms with E-state index in [1.807, 2.05) is 30.3 Å². The highest BCUT2D eigenvalue weighted by Crippen LogP contribution is 2.36. The maximum Gasteiger partial charge on any atom is 0.437 e. The smallest absolute Gasteiger partial charge is 0.417 e. The van der Waals surface area contributed by atoms with E-state index in [-0.39, 0.29) is 11.7 Å². The van der Waals surface area contributed by atoms with Gasteiger partial charge in [-0.15, -0.1) is 0 Å². The second kappa shape index (κ2) is 10.7. The number of halogens is 3. The first kappa shape index (κ1) is 25.9. The van der Waals surface area contributed by atoms with Gasteiger partial charge in [-0.1, -0.05) is 54.6 Å². The van der Waals surface area contributed by atoms with Gasteiger partial charge < -0.3 is 19.5 Å². The number of aromatic nitrogens is 2. The maximum absolute atomic E-state index is 13.8. The van der Waals surface area contributed by atoms with Gasteiger partial charge in [0.05, 0.1) is 11.9 Å². The van der Waals surface area contributed by atoms with Gasteiger partial charge in [-0.3, -0.25) is 4.79 Å². The Morgan fingerprint density at radius 2 is 1.62 bits per heavy atom. The minimum Gasteiger partial charge on any atom is -0.417 e. The van der Waals surface area contributed by atoms with E-state index in [1.54, 1.807) is 17.0 Å². The van der Waals surface area contributed by atoms with E-state index < -0.39 is 23.5 Å². The maximum atomic E-state index is 13.8. The van der Waals surface area contributed by atoms with Gasteiger partial charge in [-0.05, 0) is 54.0 Å². The van der Waals surface area contributed by atoms with Crippen LogP contribution >= 0.6 is 0 Å². The largest absolute Gasteiger partial charge is 0.437 e. The summed E-state index contributed by atoms with van der Waals surface area (Å²) < 4.78 is 46.9. The molecule has 4 aromatic rings. The van der Waals surface area contributed by atoms with Crippen LogP contribution in [0.4, 0.5) is 30.7 Å². The van der Waals surface area contributed by atoms with Crippen LogP contribution < -0.4 is 15.1 Å². The highest BCUT2D eigenvalue weighted by molar-refractivity contribution is 6.03. The molecule has 206 valence electrons. The Morgan fingerprint density at radius 1 is 0.900 bits per heavy atom. The monoisotopic (exact) mass is 547 g/mol. The lowest BCUT2D eigenvalue weighted by Gasteiger charge is -2.33. The van der Waals surface area contributed by atoms with Gasteiger partial charge in [0, 0.05) is 26.2 Å². The molecular weight excluding hydrogens is 519 g/mol. The van der Waals surface area contributed by atoms with Gasteiger partial charge in [0.1, 0.15) is 5.82 Å². The van der Waals surface area contributed by atoms with Gasteiger partial charge in [0.15, 0.2) is 5.69 Å². The van der Waals surface area contributed by atoms with Crippen molar-refractivity contribution in [3.63, 3.8) is 0 Å². The molecule has 0 aliphatic carbocycles. The minimum absolute atomic E-state index is 0.223. The number of anilines is 3. The standard InChI is InChI=1S/C30H28F3N5O2/c31-30(32,33)27-26(40-29(36-27)38-17-14-21-8-4-5-9-23(21)19-38)28(39)35-24-10-11-25(34-18-24)37-15-12-22(13-16-37)20-6-2-1-3-7-20/h1-11,18,22H,12-17,19H2,(H,35,39). The fraction of sp³-hybridized carbons (Fsp3) is 0.300. The van der Waals surface area contributed by atoms with E-state index in [4.69, 9.17) is 4.42 Å². The average Bonchev–Trinajstić information content (AvgIpc) is 3.45. The lowest BCUT2D eigenvalue weighted by atomic mass is 9.89. The van der Waals surface area contributed by atoms with Crippen molar-refractivity contribution in [2.75, 3.05) is 34.8 Å². The number of nitrogens with zero attached hydrogens (tertiary/aromatic N) is 4. The Balaban J connectivity index is 1.13. The predicted octanol–water partition coefficient (Wildman–Crippen LogP) is 6.29. The molecule has 1 saturated heterocycles. The van der Waals surface area contributed by atoms with E-state index in [0.29, 0.717) is 25.4 Å². The van der Waals surface area contributed by atoms with Gasteiger partial charge in [-0.2, -0.15) is 18.2 Å². The van der Waals surface area contributed by atoms with Crippen molar-refractivity contribution >= 4 is 23.4 Å². The fourth-order valence-corrected chi connectivity index (χ4v) is 5.45. The van der Waals surface area contributed by atoms with Crippen molar-refractivity contribution in [3.05, 3.63) is 101 Å². The van der Waals surface area contributed by atoms with E-state index >= 15 is 0 Å². The summed E-state index contributed by atoms with van der Waals surface area (Å²) in [7, 11) is 0. The number of hydrogen-bond donors (Lipinski definition) is 1. The molecule has 4 heterocycles. The van der Waals surface area contributed by atoms with E-state index in [9.17, 15) is 18.0 Å². The molecule has 2 aromatic heterocycles. The summed E-state index contributed by atoms with van der Waals surface area (Å²) in [6.07, 6.45) is -0.760. The summed E-state index contributed by atoms with van der Waals surface area (Å²) in [5.74, 6) is -0.631. The molecule has 2 aromatic carbocycles. The zero-order valence-electron chi connectivity index (χ0n) is 21.7. The molecule has 1 fully saturated rings. The molecule has 0 radical (unpaired) electrons. The van der Waals surface area contributed by atoms with Crippen molar-refractivity contribution in [3.8, 4) is 0 Å². The molecule has 40 heavy (non-hydrogen) atoms. The molecule has 2 aliphatic heterocycles. The molecule has 0 atom stereocenters. The molecule has 1 N–H and O–H groups in total. The van der Waals surface area contributed by atoms with E-state index in [0.717, 1.165) is 42.9 Å². The number of carbonyl (C=O) groups excluding carboxylic acids is 1. The van der Waals surface area contributed by atoms with Crippen LogP contribution in [0.3, 0.4) is 0 Å². The first-order valence-corrected chi connectivity index (χ1v) is 13.3. The predicted molar refractivity (Wildman–Crippen MR) is 146 cm³/mol. The third kappa shape index (κ3) is 5.38. The number of rotatable bonds is 5. The van der Waals surface area contributed by atoms with Crippen molar-refractivity contribution in [1.29, 1.82) is 0 Å². The van der Waals surface area contributed by atoms with Gasteiger partial charge in [0.25, 0.3) is 11.9 Å². The number of benzene rings is 2. The van der Waals surface area contributed by atoms with Crippen LogP contribution in [0.5, 0.6) is 0 Å². The zero-order valence-corrected chi connectivity index (χ0v) is 21.7. The van der Waals surface area contributed by atoms with Crippen molar-refractivity contribution < 1.29 is 22.4 Å². The first-order chi connectivity index (χ1) is 19.3. The average molecular weight is 548 g/mol. The summed E-state index contributed by atoms with van der Waals surface area (Å²) >= 11 is 0. The van der Waals surface area contributed by atoms with Crippen LogP contribution in [0.2, 0.25) is 0 Å². The Hall–Kier alpha value is -4.34. The molecular formula is C30H28F3N5O2. The molecule has 0 bridgehead atoms. The van der Waals surface area contributed by atoms with Crippen LogP contribution in [0.25, 0.3) is 0 Å². The third-order valence-electron chi connectivity index (χ3n) is 7.59. The molecule has 6 rings (SSSR count). The highest BCUT2D eigenvalue weighted by atomic mass is 19.4. The van der Waals surface area contributed by atoms with Crippen molar-refractivity contribution in [2.45, 2.75) is 37.9 Å². The Bertz CT molecular complexity index is 1480. The Morgan fingerprint density at radius 3 is 2.33 bits per heavy atom. The molecule has 0 unspecified atom stereocenters. The molecule has 2 aliphatic rings. The summed E-state index contributed by atoms with van der Waals surface area (Å²) in [5.41, 5.74) is 2.39. The van der Waals surface area contributed by atoms with Crippen LogP contribution in [0, 0.1) is 0 Å². The number of carbonyl (C=O) groups is 1. The zero-order chi connectivity index (χ0) is 27.7. The van der Waals surface area contributed by atoms with Crippen LogP contribution in [0.1, 0.15) is 51.7 Å². The summed E-state index contributed by atoms with van der Waals surface area (Å²) in [6, 6.07) is 21.3. The number of alkyl halides is 3. The number of pyridine rings is 1. The van der Waals surface area contributed by atoms with Crippen molar-refractivity contribution in [2.24, 2.45) is 0 Å². The van der Waals surface area contributed by atoms with E-state index in [1.165, 1.54) is 11.8 Å². The Kier molecular flexibility index (Phi) is 6.91. The number of amides is 1. The Labute approximate surface area is 229 Å². The first-order valence-electron chi connectivity index (χ1n) is 13.3. The molecule has 7 nitrogen and oxygen atoms in total. The summed E-state index contributed by atoms with van der Waals surface area (Å²) in [6.45, 7) is 2.47. The number of nitrogens with one attached hydrogen (secondary N) is 1. The lowest BCUT2D eigenvalue weighted by Crippen LogP contribution is -2.33. The topological polar surface area (TPSA) is 74.5 Å². The van der Waals surface area contributed by atoms with Gasteiger partial charge in [-0.25, -0.2) is 4.98 Å². The molecule has 10 heteroatoms. The number of oxazole rings is 1. The minimum atomic E-state index is -4.85. The lowest BCUT2D eigenvalue weighted by molar-refractivity contribution is -0.141. The third-order valence-corrected chi connectivity index (χ3v) is 7.59. The summed E-state index contributed by atoms with van der Waals surface area (Å²) in [4.78, 5) is 24.9. The quantitative estimate of drug-likeness (QED) is 0.317. The number of hydrogen-bond acceptors (Lipinski definition) is 6. The second-order valence-corrected chi connectivity index (χ2v) is 10.1. The van der Waals surface area contributed by atoms with Crippen LogP contribution in [-0.2, 0) is 19.1 Å².